The van der Waals surface area contributed by atoms with Crippen molar-refractivity contribution in [2.45, 2.75) is 38.9 Å². The lowest BCUT2D eigenvalue weighted by molar-refractivity contribution is -0.144. The second-order valence-electron chi connectivity index (χ2n) is 6.63. The number of hydrogen-bond acceptors (Lipinski definition) is 3. The second kappa shape index (κ2) is 6.74. The van der Waals surface area contributed by atoms with E-state index in [9.17, 15) is 18.0 Å². The van der Waals surface area contributed by atoms with Crippen molar-refractivity contribution in [3.8, 4) is 0 Å². The summed E-state index contributed by atoms with van der Waals surface area (Å²) in [6.07, 6.45) is -0.249. The van der Waals surface area contributed by atoms with Gasteiger partial charge in [-0.3, -0.25) is 9.48 Å². The number of likely N-dealkylation sites (tertiary alicyclic amines) is 2. The number of rotatable bonds is 4. The van der Waals surface area contributed by atoms with Gasteiger partial charge < -0.3 is 9.80 Å². The summed E-state index contributed by atoms with van der Waals surface area (Å²) < 4.78 is 40.7. The Labute approximate surface area is 139 Å². The van der Waals surface area contributed by atoms with E-state index < -0.39 is 17.8 Å². The first kappa shape index (κ1) is 17.3. The summed E-state index contributed by atoms with van der Waals surface area (Å²) in [7, 11) is 0. The van der Waals surface area contributed by atoms with Crippen LogP contribution >= 0.6 is 0 Å². The average molecular weight is 344 g/mol. The molecular formula is C16H23F3N4O. The third-order valence-corrected chi connectivity index (χ3v) is 4.93. The highest BCUT2D eigenvalue weighted by molar-refractivity contribution is 5.95. The van der Waals surface area contributed by atoms with Crippen molar-refractivity contribution in [1.29, 1.82) is 0 Å². The zero-order chi connectivity index (χ0) is 17.3. The number of nitrogens with zero attached hydrogens (tertiary/aromatic N) is 4. The molecule has 3 rings (SSSR count). The molecule has 1 aromatic rings. The van der Waals surface area contributed by atoms with Crippen molar-refractivity contribution in [1.82, 2.24) is 19.6 Å². The monoisotopic (exact) mass is 344 g/mol. The maximum Gasteiger partial charge on any atom is 0.433 e. The van der Waals surface area contributed by atoms with E-state index in [0.717, 1.165) is 36.9 Å². The van der Waals surface area contributed by atoms with Gasteiger partial charge in [0.25, 0.3) is 5.91 Å². The number of carbonyl (C=O) groups excluding carboxylic acids is 1. The van der Waals surface area contributed by atoms with E-state index in [1.54, 1.807) is 11.8 Å². The molecule has 5 nitrogen and oxygen atoms in total. The van der Waals surface area contributed by atoms with Gasteiger partial charge in [-0.25, -0.2) is 0 Å². The van der Waals surface area contributed by atoms with E-state index >= 15 is 0 Å². The molecule has 1 amide bonds. The Bertz CT molecular complexity index is 593. The third kappa shape index (κ3) is 3.43. The highest BCUT2D eigenvalue weighted by Gasteiger charge is 2.41. The van der Waals surface area contributed by atoms with Crippen LogP contribution in [0.3, 0.4) is 0 Å². The summed E-state index contributed by atoms with van der Waals surface area (Å²) in [5.41, 5.74) is -1.26. The van der Waals surface area contributed by atoms with Gasteiger partial charge in [-0.15, -0.1) is 0 Å². The van der Waals surface area contributed by atoms with Gasteiger partial charge in [-0.2, -0.15) is 18.3 Å². The maximum atomic E-state index is 13.3. The van der Waals surface area contributed by atoms with Crippen LogP contribution in [0, 0.1) is 5.92 Å². The lowest BCUT2D eigenvalue weighted by Gasteiger charge is -2.21. The van der Waals surface area contributed by atoms with Crippen LogP contribution < -0.4 is 0 Å². The molecule has 134 valence electrons. The van der Waals surface area contributed by atoms with Crippen molar-refractivity contribution >= 4 is 5.91 Å². The minimum Gasteiger partial charge on any atom is -0.338 e. The fourth-order valence-electron chi connectivity index (χ4n) is 3.75. The normalized spacial score (nSPS) is 22.5. The first-order chi connectivity index (χ1) is 11.4. The topological polar surface area (TPSA) is 41.4 Å². The van der Waals surface area contributed by atoms with Crippen LogP contribution in [0.1, 0.15) is 42.2 Å². The van der Waals surface area contributed by atoms with Crippen LogP contribution in [0.25, 0.3) is 0 Å². The molecular weight excluding hydrogens is 321 g/mol. The molecule has 0 bridgehead atoms. The van der Waals surface area contributed by atoms with Gasteiger partial charge in [0.05, 0.1) is 11.8 Å². The molecule has 0 spiro atoms. The lowest BCUT2D eigenvalue weighted by Crippen LogP contribution is -2.33. The molecule has 0 unspecified atom stereocenters. The number of hydrogen-bond donors (Lipinski definition) is 0. The zero-order valence-electron chi connectivity index (χ0n) is 13.8. The predicted molar refractivity (Wildman–Crippen MR) is 82.6 cm³/mol. The minimum absolute atomic E-state index is 0.0830. The van der Waals surface area contributed by atoms with Crippen molar-refractivity contribution in [2.75, 3.05) is 32.7 Å². The minimum atomic E-state index is -4.58. The van der Waals surface area contributed by atoms with Crippen LogP contribution in [0.15, 0.2) is 6.20 Å². The van der Waals surface area contributed by atoms with Gasteiger partial charge in [0.15, 0.2) is 5.69 Å². The number of carbonyl (C=O) groups is 1. The molecule has 0 N–H and O–H groups in total. The van der Waals surface area contributed by atoms with Crippen molar-refractivity contribution in [3.05, 3.63) is 17.5 Å². The molecule has 0 aromatic carbocycles. The predicted octanol–water partition coefficient (Wildman–Crippen LogP) is 2.48. The van der Waals surface area contributed by atoms with Crippen molar-refractivity contribution in [2.24, 2.45) is 5.92 Å². The highest BCUT2D eigenvalue weighted by Crippen LogP contribution is 2.33. The summed E-state index contributed by atoms with van der Waals surface area (Å²) in [5.74, 6) is -0.200. The quantitative estimate of drug-likeness (QED) is 0.843. The number of amides is 1. The van der Waals surface area contributed by atoms with Crippen molar-refractivity contribution < 1.29 is 18.0 Å². The summed E-state index contributed by atoms with van der Waals surface area (Å²) >= 11 is 0. The standard InChI is InChI=1S/C16H23F3N4O/c1-2-23-14(16(17,18)19)13(9-20-23)15(24)22-8-5-12(11-22)10-21-6-3-4-7-21/h9,12H,2-8,10-11H2,1H3/t12-/m1/s1. The van der Waals surface area contributed by atoms with E-state index in [2.05, 4.69) is 10.00 Å². The zero-order valence-corrected chi connectivity index (χ0v) is 13.8. The molecule has 8 heteroatoms. The Morgan fingerprint density at radius 3 is 2.62 bits per heavy atom. The highest BCUT2D eigenvalue weighted by atomic mass is 19.4. The Hall–Kier alpha value is -1.57. The molecule has 24 heavy (non-hydrogen) atoms. The maximum absolute atomic E-state index is 13.3. The Kier molecular flexibility index (Phi) is 4.85. The Morgan fingerprint density at radius 2 is 2.00 bits per heavy atom. The molecule has 0 saturated carbocycles. The number of alkyl halides is 3. The van der Waals surface area contributed by atoms with Crippen LogP contribution in [-0.2, 0) is 12.7 Å². The summed E-state index contributed by atoms with van der Waals surface area (Å²) in [6.45, 7) is 5.83. The molecule has 0 radical (unpaired) electrons. The van der Waals surface area contributed by atoms with Gasteiger partial charge in [0.1, 0.15) is 0 Å². The Morgan fingerprint density at radius 1 is 1.29 bits per heavy atom. The summed E-state index contributed by atoms with van der Waals surface area (Å²) in [4.78, 5) is 16.5. The van der Waals surface area contributed by atoms with Gasteiger partial charge in [-0.05, 0) is 45.2 Å². The summed E-state index contributed by atoms with van der Waals surface area (Å²) in [5, 5.41) is 3.74. The molecule has 2 fully saturated rings. The van der Waals surface area contributed by atoms with Crippen LogP contribution in [0.4, 0.5) is 13.2 Å². The number of aromatic nitrogens is 2. The molecule has 1 aromatic heterocycles. The van der Waals surface area contributed by atoms with Gasteiger partial charge in [0.2, 0.25) is 0 Å². The van der Waals surface area contributed by atoms with Gasteiger partial charge in [0, 0.05) is 26.2 Å². The second-order valence-corrected chi connectivity index (χ2v) is 6.63. The lowest BCUT2D eigenvalue weighted by atomic mass is 10.1. The van der Waals surface area contributed by atoms with E-state index in [-0.39, 0.29) is 12.1 Å². The van der Waals surface area contributed by atoms with Crippen LogP contribution in [0.5, 0.6) is 0 Å². The summed E-state index contributed by atoms with van der Waals surface area (Å²) in [6, 6.07) is 0. The molecule has 2 aliphatic heterocycles. The van der Waals surface area contributed by atoms with E-state index in [0.29, 0.717) is 19.0 Å². The third-order valence-electron chi connectivity index (χ3n) is 4.93. The largest absolute Gasteiger partial charge is 0.433 e. The first-order valence-corrected chi connectivity index (χ1v) is 8.54. The number of halogens is 3. The van der Waals surface area contributed by atoms with Crippen LogP contribution in [0.2, 0.25) is 0 Å². The molecule has 0 aliphatic carbocycles. The van der Waals surface area contributed by atoms with E-state index in [4.69, 9.17) is 0 Å². The number of aryl methyl sites for hydroxylation is 1. The SMILES string of the molecule is CCn1ncc(C(=O)N2CC[C@H](CN3CCCC3)C2)c1C(F)(F)F. The molecule has 2 saturated heterocycles. The van der Waals surface area contributed by atoms with Crippen LogP contribution in [-0.4, -0.2) is 58.2 Å². The van der Waals surface area contributed by atoms with Gasteiger partial charge >= 0.3 is 6.18 Å². The molecule has 3 heterocycles. The smallest absolute Gasteiger partial charge is 0.338 e. The van der Waals surface area contributed by atoms with Gasteiger partial charge in [-0.1, -0.05) is 0 Å². The first-order valence-electron chi connectivity index (χ1n) is 8.54. The van der Waals surface area contributed by atoms with E-state index in [1.165, 1.54) is 12.8 Å². The van der Waals surface area contributed by atoms with E-state index in [1.807, 2.05) is 0 Å². The Balaban J connectivity index is 1.70. The average Bonchev–Trinajstić information content (AvgIpc) is 3.26. The fraction of sp³-hybridized carbons (Fsp3) is 0.750. The molecule has 2 aliphatic rings. The van der Waals surface area contributed by atoms with Crippen molar-refractivity contribution in [3.63, 3.8) is 0 Å². The fourth-order valence-corrected chi connectivity index (χ4v) is 3.75. The molecule has 1 atom stereocenters.